The summed E-state index contributed by atoms with van der Waals surface area (Å²) in [6.45, 7) is 3.01. The minimum Gasteiger partial charge on any atom is -0.356 e. The van der Waals surface area contributed by atoms with Crippen molar-refractivity contribution in [1.82, 2.24) is 15.5 Å². The highest BCUT2D eigenvalue weighted by Gasteiger charge is 2.29. The topological polar surface area (TPSA) is 44.4 Å². The third-order valence-electron chi connectivity index (χ3n) is 3.37. The number of nitrogens with one attached hydrogen (secondary N) is 2. The molecular weight excluding hydrogens is 178 g/mol. The fourth-order valence-corrected chi connectivity index (χ4v) is 2.16. The molecule has 2 N–H and O–H groups in total. The molecule has 0 aliphatic carbocycles. The number of likely N-dealkylation sites (N-methyl/N-ethyl adjacent to an activating group) is 1. The number of hydrogen-bond donors (Lipinski definition) is 2. The van der Waals surface area contributed by atoms with Crippen LogP contribution in [0.2, 0.25) is 0 Å². The van der Waals surface area contributed by atoms with Gasteiger partial charge in [-0.1, -0.05) is 0 Å². The number of rotatable bonds is 2. The van der Waals surface area contributed by atoms with Gasteiger partial charge in [-0.05, 0) is 19.9 Å². The maximum absolute atomic E-state index is 11.4. The van der Waals surface area contributed by atoms with Crippen LogP contribution in [0.3, 0.4) is 0 Å². The molecule has 0 aromatic carbocycles. The molecular formula is C10H19N3O. The Morgan fingerprint density at radius 1 is 1.36 bits per heavy atom. The minimum atomic E-state index is 0.214. The Hall–Kier alpha value is -0.610. The average Bonchev–Trinajstić information content (AvgIpc) is 2.26. The van der Waals surface area contributed by atoms with Gasteiger partial charge in [0.25, 0.3) is 0 Å². The van der Waals surface area contributed by atoms with Gasteiger partial charge in [0.15, 0.2) is 0 Å². The van der Waals surface area contributed by atoms with Gasteiger partial charge in [0.2, 0.25) is 5.91 Å². The standard InChI is InChI=1S/C10H19N3O/c1-13(9-6-11-7-9)8-3-2-4-12-10(14)5-8/h8-9,11H,2-7H2,1H3,(H,12,14). The van der Waals surface area contributed by atoms with E-state index < -0.39 is 0 Å². The van der Waals surface area contributed by atoms with Gasteiger partial charge in [-0.3, -0.25) is 9.69 Å². The molecule has 0 spiro atoms. The lowest BCUT2D eigenvalue weighted by Crippen LogP contribution is -2.58. The fourth-order valence-electron chi connectivity index (χ4n) is 2.16. The van der Waals surface area contributed by atoms with Crippen LogP contribution in [0.25, 0.3) is 0 Å². The highest BCUT2D eigenvalue weighted by Crippen LogP contribution is 2.16. The van der Waals surface area contributed by atoms with Crippen molar-refractivity contribution in [2.45, 2.75) is 31.3 Å². The van der Waals surface area contributed by atoms with Crippen molar-refractivity contribution < 1.29 is 4.79 Å². The highest BCUT2D eigenvalue weighted by molar-refractivity contribution is 5.76. The zero-order valence-electron chi connectivity index (χ0n) is 8.75. The van der Waals surface area contributed by atoms with Crippen molar-refractivity contribution >= 4 is 5.91 Å². The molecule has 2 aliphatic rings. The second-order valence-electron chi connectivity index (χ2n) is 4.33. The number of amides is 1. The molecule has 2 saturated heterocycles. The number of carbonyl (C=O) groups is 1. The summed E-state index contributed by atoms with van der Waals surface area (Å²) in [5, 5.41) is 6.19. The predicted octanol–water partition coefficient (Wildman–Crippen LogP) is -0.441. The van der Waals surface area contributed by atoms with Crippen molar-refractivity contribution in [3.05, 3.63) is 0 Å². The van der Waals surface area contributed by atoms with Crippen molar-refractivity contribution in [1.29, 1.82) is 0 Å². The first-order chi connectivity index (χ1) is 6.77. The summed E-state index contributed by atoms with van der Waals surface area (Å²) < 4.78 is 0. The van der Waals surface area contributed by atoms with E-state index in [0.717, 1.165) is 32.5 Å². The van der Waals surface area contributed by atoms with Gasteiger partial charge in [-0.15, -0.1) is 0 Å². The molecule has 2 heterocycles. The van der Waals surface area contributed by atoms with Gasteiger partial charge in [-0.2, -0.15) is 0 Å². The zero-order valence-corrected chi connectivity index (χ0v) is 8.75. The molecule has 0 aromatic rings. The molecule has 4 heteroatoms. The van der Waals surface area contributed by atoms with Gasteiger partial charge in [0.05, 0.1) is 0 Å². The van der Waals surface area contributed by atoms with E-state index in [1.807, 2.05) is 0 Å². The van der Waals surface area contributed by atoms with Crippen LogP contribution in [0, 0.1) is 0 Å². The Bertz CT molecular complexity index is 215. The number of carbonyl (C=O) groups excluding carboxylic acids is 1. The molecule has 4 nitrogen and oxygen atoms in total. The summed E-state index contributed by atoms with van der Waals surface area (Å²) in [7, 11) is 2.15. The van der Waals surface area contributed by atoms with Crippen LogP contribution < -0.4 is 10.6 Å². The Morgan fingerprint density at radius 3 is 2.79 bits per heavy atom. The molecule has 2 aliphatic heterocycles. The molecule has 1 amide bonds. The Balaban J connectivity index is 1.90. The van der Waals surface area contributed by atoms with Gasteiger partial charge >= 0.3 is 0 Å². The molecule has 14 heavy (non-hydrogen) atoms. The Labute approximate surface area is 85.0 Å². The zero-order chi connectivity index (χ0) is 9.97. The molecule has 1 atom stereocenters. The molecule has 0 aromatic heterocycles. The van der Waals surface area contributed by atoms with E-state index in [2.05, 4.69) is 22.6 Å². The van der Waals surface area contributed by atoms with Crippen LogP contribution in [0.5, 0.6) is 0 Å². The highest BCUT2D eigenvalue weighted by atomic mass is 16.1. The maximum Gasteiger partial charge on any atom is 0.221 e. The van der Waals surface area contributed by atoms with Crippen LogP contribution in [0.4, 0.5) is 0 Å². The first kappa shape index (κ1) is 9.93. The van der Waals surface area contributed by atoms with E-state index in [1.165, 1.54) is 0 Å². The van der Waals surface area contributed by atoms with E-state index in [1.54, 1.807) is 0 Å². The second kappa shape index (κ2) is 4.28. The normalized spacial score (nSPS) is 29.6. The van der Waals surface area contributed by atoms with Crippen LogP contribution >= 0.6 is 0 Å². The summed E-state index contributed by atoms with van der Waals surface area (Å²) in [6.07, 6.45) is 2.93. The van der Waals surface area contributed by atoms with E-state index >= 15 is 0 Å². The minimum absolute atomic E-state index is 0.214. The van der Waals surface area contributed by atoms with Crippen molar-refractivity contribution in [3.8, 4) is 0 Å². The summed E-state index contributed by atoms with van der Waals surface area (Å²) in [5.74, 6) is 0.214. The molecule has 80 valence electrons. The van der Waals surface area contributed by atoms with Crippen molar-refractivity contribution in [3.63, 3.8) is 0 Å². The largest absolute Gasteiger partial charge is 0.356 e. The third-order valence-corrected chi connectivity index (χ3v) is 3.37. The SMILES string of the molecule is CN(C1CNC1)C1CCCNC(=O)C1. The van der Waals surface area contributed by atoms with E-state index in [9.17, 15) is 4.79 Å². The monoisotopic (exact) mass is 197 g/mol. The van der Waals surface area contributed by atoms with Gasteiger partial charge in [0, 0.05) is 38.1 Å². The number of nitrogens with zero attached hydrogens (tertiary/aromatic N) is 1. The first-order valence-corrected chi connectivity index (χ1v) is 5.46. The van der Waals surface area contributed by atoms with Crippen molar-refractivity contribution in [2.75, 3.05) is 26.7 Å². The Kier molecular flexibility index (Phi) is 3.03. The number of hydrogen-bond acceptors (Lipinski definition) is 3. The van der Waals surface area contributed by atoms with Crippen LogP contribution in [-0.2, 0) is 4.79 Å². The molecule has 1 unspecified atom stereocenters. The second-order valence-corrected chi connectivity index (χ2v) is 4.33. The van der Waals surface area contributed by atoms with Gasteiger partial charge in [-0.25, -0.2) is 0 Å². The lowest BCUT2D eigenvalue weighted by Gasteiger charge is -2.40. The maximum atomic E-state index is 11.4. The molecule has 0 saturated carbocycles. The third kappa shape index (κ3) is 2.07. The molecule has 2 fully saturated rings. The predicted molar refractivity (Wildman–Crippen MR) is 55.1 cm³/mol. The molecule has 0 bridgehead atoms. The quantitative estimate of drug-likeness (QED) is 0.631. The van der Waals surface area contributed by atoms with E-state index in [0.29, 0.717) is 18.5 Å². The molecule has 2 rings (SSSR count). The van der Waals surface area contributed by atoms with Crippen LogP contribution in [0.15, 0.2) is 0 Å². The summed E-state index contributed by atoms with van der Waals surface area (Å²) in [4.78, 5) is 13.7. The van der Waals surface area contributed by atoms with E-state index in [4.69, 9.17) is 0 Å². The lowest BCUT2D eigenvalue weighted by atomic mass is 10.0. The molecule has 0 radical (unpaired) electrons. The van der Waals surface area contributed by atoms with Crippen molar-refractivity contribution in [2.24, 2.45) is 0 Å². The van der Waals surface area contributed by atoms with E-state index in [-0.39, 0.29) is 5.91 Å². The summed E-state index contributed by atoms with van der Waals surface area (Å²) in [5.41, 5.74) is 0. The summed E-state index contributed by atoms with van der Waals surface area (Å²) in [6, 6.07) is 1.09. The Morgan fingerprint density at radius 2 is 2.14 bits per heavy atom. The van der Waals surface area contributed by atoms with Crippen LogP contribution in [0.1, 0.15) is 19.3 Å². The van der Waals surface area contributed by atoms with Gasteiger partial charge in [0.1, 0.15) is 0 Å². The fraction of sp³-hybridized carbons (Fsp3) is 0.900. The van der Waals surface area contributed by atoms with Gasteiger partial charge < -0.3 is 10.6 Å². The van der Waals surface area contributed by atoms with Crippen LogP contribution in [-0.4, -0.2) is 49.6 Å². The first-order valence-electron chi connectivity index (χ1n) is 5.46. The summed E-state index contributed by atoms with van der Waals surface area (Å²) >= 11 is 0. The smallest absolute Gasteiger partial charge is 0.221 e. The lowest BCUT2D eigenvalue weighted by molar-refractivity contribution is -0.121. The average molecular weight is 197 g/mol.